The molecule has 1 saturated heterocycles. The molecule has 2 aromatic rings. The van der Waals surface area contributed by atoms with Crippen molar-refractivity contribution in [2.45, 2.75) is 18.9 Å². The van der Waals surface area contributed by atoms with Gasteiger partial charge in [0.05, 0.1) is 17.8 Å². The van der Waals surface area contributed by atoms with Gasteiger partial charge in [0, 0.05) is 23.7 Å². The molecule has 172 valence electrons. The summed E-state index contributed by atoms with van der Waals surface area (Å²) in [5.41, 5.74) is 3.01. The summed E-state index contributed by atoms with van der Waals surface area (Å²) in [6, 6.07) is 11.7. The Kier molecular flexibility index (Phi) is 5.79. The van der Waals surface area contributed by atoms with Gasteiger partial charge in [0.25, 0.3) is 11.8 Å². The number of piperazine rings is 1. The second kappa shape index (κ2) is 8.91. The van der Waals surface area contributed by atoms with Crippen LogP contribution in [0.4, 0.5) is 5.69 Å². The van der Waals surface area contributed by atoms with Crippen molar-refractivity contribution >= 4 is 40.8 Å². The van der Waals surface area contributed by atoms with Crippen molar-refractivity contribution in [3.8, 4) is 11.1 Å². The monoisotopic (exact) mass is 475 g/mol. The van der Waals surface area contributed by atoms with Crippen molar-refractivity contribution in [2.75, 3.05) is 25.0 Å². The van der Waals surface area contributed by atoms with Gasteiger partial charge in [-0.25, -0.2) is 0 Å². The van der Waals surface area contributed by atoms with E-state index >= 15 is 0 Å². The molecule has 7 nitrogen and oxygen atoms in total. The van der Waals surface area contributed by atoms with E-state index in [2.05, 4.69) is 5.32 Å². The molecule has 2 aromatic carbocycles. The largest absolute Gasteiger partial charge is 0.331 e. The number of Topliss-reactive ketones (excluding diaryl/α,β-unsaturated/α-hetero) is 1. The number of hydrogen-bond acceptors (Lipinski definition) is 4. The van der Waals surface area contributed by atoms with Crippen LogP contribution < -0.4 is 5.32 Å². The number of carbonyl (C=O) groups excluding carboxylic acids is 4. The number of halogens is 1. The number of nitrogens with one attached hydrogen (secondary N) is 1. The Morgan fingerprint density at radius 3 is 2.50 bits per heavy atom. The minimum atomic E-state index is -0.871. The van der Waals surface area contributed by atoms with E-state index in [4.69, 9.17) is 11.6 Å². The molecular formula is C26H22ClN3O4. The smallest absolute Gasteiger partial charge is 0.294 e. The highest BCUT2D eigenvalue weighted by Crippen LogP contribution is 2.31. The van der Waals surface area contributed by atoms with Crippen molar-refractivity contribution in [3.05, 3.63) is 76.9 Å². The fourth-order valence-corrected chi connectivity index (χ4v) is 4.66. The van der Waals surface area contributed by atoms with Crippen LogP contribution in [0.25, 0.3) is 11.1 Å². The number of rotatable bonds is 3. The molecule has 0 radical (unpaired) electrons. The van der Waals surface area contributed by atoms with Crippen molar-refractivity contribution in [2.24, 2.45) is 0 Å². The summed E-state index contributed by atoms with van der Waals surface area (Å²) in [5.74, 6) is -1.84. The maximum Gasteiger partial charge on any atom is 0.294 e. The lowest BCUT2D eigenvalue weighted by molar-refractivity contribution is -0.145. The third kappa shape index (κ3) is 4.03. The molecular weight excluding hydrogens is 454 g/mol. The maximum absolute atomic E-state index is 13.4. The van der Waals surface area contributed by atoms with Gasteiger partial charge in [0.15, 0.2) is 0 Å². The molecule has 1 unspecified atom stereocenters. The molecule has 2 aliphatic heterocycles. The highest BCUT2D eigenvalue weighted by Gasteiger charge is 2.41. The highest BCUT2D eigenvalue weighted by molar-refractivity contribution is 6.42. The summed E-state index contributed by atoms with van der Waals surface area (Å²) >= 11 is 5.99. The number of allylic oxidation sites excluding steroid dienone is 3. The molecule has 0 saturated carbocycles. The number of fused-ring (bicyclic) bond motifs is 2. The van der Waals surface area contributed by atoms with Gasteiger partial charge in [0.1, 0.15) is 6.04 Å². The standard InChI is InChI=1S/C26H22ClN3O4/c27-19-9-6-16(7-10-19)18-8-11-21-20(14-18)25(33)30-13-12-29(15-22(30)24(32)28-21)26(34)23(31)17-4-2-1-3-5-17/h1-2,4,6-11,14,22H,3,5,12-13,15H2,(H,28,32). The molecule has 0 spiro atoms. The Hall–Kier alpha value is -3.71. The number of nitrogens with zero attached hydrogens (tertiary/aromatic N) is 2. The lowest BCUT2D eigenvalue weighted by Gasteiger charge is -2.39. The van der Waals surface area contributed by atoms with Crippen molar-refractivity contribution in [1.29, 1.82) is 0 Å². The number of anilines is 1. The molecule has 0 bridgehead atoms. The van der Waals surface area contributed by atoms with E-state index in [0.717, 1.165) is 11.1 Å². The predicted octanol–water partition coefficient (Wildman–Crippen LogP) is 3.46. The second-order valence-electron chi connectivity index (χ2n) is 8.51. The van der Waals surface area contributed by atoms with E-state index in [1.54, 1.807) is 36.4 Å². The topological polar surface area (TPSA) is 86.8 Å². The van der Waals surface area contributed by atoms with Crippen LogP contribution in [-0.4, -0.2) is 59.0 Å². The van der Waals surface area contributed by atoms with Gasteiger partial charge in [0.2, 0.25) is 11.7 Å². The van der Waals surface area contributed by atoms with Gasteiger partial charge >= 0.3 is 0 Å². The second-order valence-corrected chi connectivity index (χ2v) is 8.95. The number of hydrogen-bond donors (Lipinski definition) is 1. The van der Waals surface area contributed by atoms with E-state index in [0.29, 0.717) is 34.7 Å². The minimum Gasteiger partial charge on any atom is -0.331 e. The molecule has 34 heavy (non-hydrogen) atoms. The maximum atomic E-state index is 13.4. The number of carbonyl (C=O) groups is 4. The summed E-state index contributed by atoms with van der Waals surface area (Å²) in [6.07, 6.45) is 6.62. The van der Waals surface area contributed by atoms with E-state index in [1.165, 1.54) is 9.80 Å². The fourth-order valence-electron chi connectivity index (χ4n) is 4.53. The first-order valence-electron chi connectivity index (χ1n) is 11.1. The molecule has 3 amide bonds. The zero-order chi connectivity index (χ0) is 23.8. The number of amides is 3. The van der Waals surface area contributed by atoms with Gasteiger partial charge < -0.3 is 15.1 Å². The summed E-state index contributed by atoms with van der Waals surface area (Å²) in [7, 11) is 0. The molecule has 8 heteroatoms. The Labute approximate surface area is 201 Å². The lowest BCUT2D eigenvalue weighted by atomic mass is 9.99. The minimum absolute atomic E-state index is 0.0245. The zero-order valence-corrected chi connectivity index (χ0v) is 19.0. The van der Waals surface area contributed by atoms with Crippen LogP contribution in [0.3, 0.4) is 0 Å². The van der Waals surface area contributed by atoms with Crippen LogP contribution in [0.15, 0.2) is 66.3 Å². The van der Waals surface area contributed by atoms with Crippen molar-refractivity contribution in [1.82, 2.24) is 9.80 Å². The summed E-state index contributed by atoms with van der Waals surface area (Å²) in [6.45, 7) is 0.332. The van der Waals surface area contributed by atoms with E-state index in [1.807, 2.05) is 24.3 Å². The van der Waals surface area contributed by atoms with Crippen molar-refractivity contribution < 1.29 is 19.2 Å². The Bertz CT molecular complexity index is 1270. The van der Waals surface area contributed by atoms with Crippen LogP contribution >= 0.6 is 11.6 Å². The van der Waals surface area contributed by atoms with Gasteiger partial charge in [-0.05, 0) is 48.2 Å². The SMILES string of the molecule is O=C(C(=O)N1CCN2C(=O)c3cc(-c4ccc(Cl)cc4)ccc3NC(=O)C2C1)C1=CC=CCC1. The Balaban J connectivity index is 1.38. The molecule has 1 fully saturated rings. The highest BCUT2D eigenvalue weighted by atomic mass is 35.5. The molecule has 5 rings (SSSR count). The summed E-state index contributed by atoms with van der Waals surface area (Å²) in [5, 5.41) is 3.44. The molecule has 2 heterocycles. The average Bonchev–Trinajstić information content (AvgIpc) is 2.98. The normalized spacial score (nSPS) is 19.6. The zero-order valence-electron chi connectivity index (χ0n) is 18.3. The van der Waals surface area contributed by atoms with Crippen molar-refractivity contribution in [3.63, 3.8) is 0 Å². The molecule has 1 aliphatic carbocycles. The van der Waals surface area contributed by atoms with Crippen LogP contribution in [0, 0.1) is 0 Å². The van der Waals surface area contributed by atoms with E-state index in [9.17, 15) is 19.2 Å². The van der Waals surface area contributed by atoms with Gasteiger partial charge in [-0.1, -0.05) is 48.0 Å². The van der Waals surface area contributed by atoms with Gasteiger partial charge in [-0.15, -0.1) is 0 Å². The van der Waals surface area contributed by atoms with Crippen LogP contribution in [-0.2, 0) is 14.4 Å². The molecule has 1 atom stereocenters. The summed E-state index contributed by atoms with van der Waals surface area (Å²) < 4.78 is 0. The number of ketones is 1. The van der Waals surface area contributed by atoms with Gasteiger partial charge in [-0.3, -0.25) is 19.2 Å². The first-order valence-corrected chi connectivity index (χ1v) is 11.5. The molecule has 1 N–H and O–H groups in total. The Morgan fingerprint density at radius 1 is 1.00 bits per heavy atom. The lowest BCUT2D eigenvalue weighted by Crippen LogP contribution is -2.60. The molecule has 3 aliphatic rings. The third-order valence-electron chi connectivity index (χ3n) is 6.42. The Morgan fingerprint density at radius 2 is 1.76 bits per heavy atom. The van der Waals surface area contributed by atoms with Crippen LogP contribution in [0.2, 0.25) is 5.02 Å². The van der Waals surface area contributed by atoms with E-state index in [-0.39, 0.29) is 31.4 Å². The average molecular weight is 476 g/mol. The molecule has 0 aromatic heterocycles. The number of benzene rings is 2. The first-order chi connectivity index (χ1) is 16.4. The van der Waals surface area contributed by atoms with Gasteiger partial charge in [-0.2, -0.15) is 0 Å². The fraction of sp³-hybridized carbons (Fsp3) is 0.231. The van der Waals surface area contributed by atoms with Crippen LogP contribution in [0.1, 0.15) is 23.2 Å². The first kappa shape index (κ1) is 22.1. The van der Waals surface area contributed by atoms with Crippen LogP contribution in [0.5, 0.6) is 0 Å². The predicted molar refractivity (Wildman–Crippen MR) is 128 cm³/mol. The van der Waals surface area contributed by atoms with E-state index < -0.39 is 17.7 Å². The third-order valence-corrected chi connectivity index (χ3v) is 6.67. The quantitative estimate of drug-likeness (QED) is 0.689. The summed E-state index contributed by atoms with van der Waals surface area (Å²) in [4.78, 5) is 54.8.